The lowest BCUT2D eigenvalue weighted by atomic mass is 10.4. The summed E-state index contributed by atoms with van der Waals surface area (Å²) < 4.78 is 38.4. The van der Waals surface area contributed by atoms with Gasteiger partial charge >= 0.3 is 6.36 Å². The van der Waals surface area contributed by atoms with Gasteiger partial charge in [-0.2, -0.15) is 0 Å². The lowest BCUT2D eigenvalue weighted by Gasteiger charge is -2.07. The van der Waals surface area contributed by atoms with E-state index in [4.69, 9.17) is 0 Å². The first-order valence-electron chi connectivity index (χ1n) is 4.17. The molecule has 14 heavy (non-hydrogen) atoms. The third-order valence-corrected chi connectivity index (χ3v) is 1.08. The molecule has 2 nitrogen and oxygen atoms in total. The maximum Gasteiger partial charge on any atom is 0.574 e. The Labute approximate surface area is 80.7 Å². The van der Waals surface area contributed by atoms with E-state index in [1.54, 1.807) is 13.0 Å². The van der Waals surface area contributed by atoms with E-state index in [2.05, 4.69) is 9.72 Å². The second kappa shape index (κ2) is 5.47. The van der Waals surface area contributed by atoms with Gasteiger partial charge in [0.25, 0.3) is 0 Å². The molecule has 0 bridgehead atoms. The lowest BCUT2D eigenvalue weighted by Crippen LogP contribution is -2.17. The van der Waals surface area contributed by atoms with Crippen molar-refractivity contribution in [3.05, 3.63) is 23.9 Å². The smallest absolute Gasteiger partial charge is 0.388 e. The maximum atomic E-state index is 11.6. The van der Waals surface area contributed by atoms with Crippen LogP contribution in [0, 0.1) is 6.92 Å². The molecule has 0 unspecified atom stereocenters. The summed E-state index contributed by atoms with van der Waals surface area (Å²) in [5, 5.41) is 0. The number of ether oxygens (including phenoxy) is 1. The largest absolute Gasteiger partial charge is 0.574 e. The standard InChI is InChI=1S/C7H6F3NO.C2H6/c1-5-3-2-4-6(11-5)12-7(8,9)10;1-2/h2-4H,1H3;1-2H3. The number of pyridine rings is 1. The summed E-state index contributed by atoms with van der Waals surface area (Å²) in [6.45, 7) is 5.59. The fraction of sp³-hybridized carbons (Fsp3) is 0.444. The predicted octanol–water partition coefficient (Wildman–Crippen LogP) is 3.31. The van der Waals surface area contributed by atoms with Crippen LogP contribution >= 0.6 is 0 Å². The van der Waals surface area contributed by atoms with E-state index < -0.39 is 12.2 Å². The van der Waals surface area contributed by atoms with E-state index >= 15 is 0 Å². The molecule has 0 aliphatic carbocycles. The minimum absolute atomic E-state index is 0.428. The molecule has 0 atom stereocenters. The van der Waals surface area contributed by atoms with Gasteiger partial charge in [0, 0.05) is 11.8 Å². The number of nitrogens with zero attached hydrogens (tertiary/aromatic N) is 1. The van der Waals surface area contributed by atoms with Gasteiger partial charge in [0.2, 0.25) is 5.88 Å². The summed E-state index contributed by atoms with van der Waals surface area (Å²) in [6.07, 6.45) is -4.67. The molecule has 1 rings (SSSR count). The first-order valence-corrected chi connectivity index (χ1v) is 4.17. The topological polar surface area (TPSA) is 22.1 Å². The molecule has 0 fully saturated rings. The number of halogens is 3. The highest BCUT2D eigenvalue weighted by atomic mass is 19.4. The summed E-state index contributed by atoms with van der Waals surface area (Å²) in [5.41, 5.74) is 0.483. The normalized spacial score (nSPS) is 10.1. The molecule has 0 aliphatic heterocycles. The van der Waals surface area contributed by atoms with Gasteiger partial charge in [-0.25, -0.2) is 4.98 Å². The Hall–Kier alpha value is -1.26. The molecule has 1 aromatic heterocycles. The molecule has 0 aromatic carbocycles. The fourth-order valence-electron chi connectivity index (χ4n) is 0.693. The average Bonchev–Trinajstić information content (AvgIpc) is 2.04. The zero-order valence-electron chi connectivity index (χ0n) is 8.22. The van der Waals surface area contributed by atoms with Crippen molar-refractivity contribution in [1.82, 2.24) is 4.98 Å². The minimum Gasteiger partial charge on any atom is -0.388 e. The lowest BCUT2D eigenvalue weighted by molar-refractivity contribution is -0.276. The zero-order chi connectivity index (χ0) is 11.2. The number of aryl methyl sites for hydroxylation is 1. The monoisotopic (exact) mass is 207 g/mol. The van der Waals surface area contributed by atoms with E-state index in [-0.39, 0.29) is 0 Å². The zero-order valence-corrected chi connectivity index (χ0v) is 8.22. The van der Waals surface area contributed by atoms with E-state index in [1.807, 2.05) is 13.8 Å². The highest BCUT2D eigenvalue weighted by molar-refractivity contribution is 5.14. The van der Waals surface area contributed by atoms with Crippen LogP contribution in [0.25, 0.3) is 0 Å². The van der Waals surface area contributed by atoms with Crippen LogP contribution in [-0.4, -0.2) is 11.3 Å². The highest BCUT2D eigenvalue weighted by Gasteiger charge is 2.31. The summed E-state index contributed by atoms with van der Waals surface area (Å²) in [4.78, 5) is 3.52. The van der Waals surface area contributed by atoms with Crippen molar-refractivity contribution < 1.29 is 17.9 Å². The van der Waals surface area contributed by atoms with Crippen molar-refractivity contribution >= 4 is 0 Å². The van der Waals surface area contributed by atoms with E-state index in [9.17, 15) is 13.2 Å². The van der Waals surface area contributed by atoms with Crippen molar-refractivity contribution in [2.24, 2.45) is 0 Å². The molecule has 0 saturated heterocycles. The van der Waals surface area contributed by atoms with E-state index in [0.717, 1.165) is 6.07 Å². The number of alkyl halides is 3. The van der Waals surface area contributed by atoms with Crippen LogP contribution in [0.15, 0.2) is 18.2 Å². The molecule has 0 N–H and O–H groups in total. The van der Waals surface area contributed by atoms with Crippen molar-refractivity contribution in [3.8, 4) is 5.88 Å². The molecule has 1 aromatic rings. The number of rotatable bonds is 1. The number of hydrogen-bond acceptors (Lipinski definition) is 2. The maximum absolute atomic E-state index is 11.6. The van der Waals surface area contributed by atoms with Crippen molar-refractivity contribution in [3.63, 3.8) is 0 Å². The van der Waals surface area contributed by atoms with Crippen LogP contribution in [0.3, 0.4) is 0 Å². The summed E-state index contributed by atoms with van der Waals surface area (Å²) in [5.74, 6) is -0.428. The third kappa shape index (κ3) is 5.40. The van der Waals surface area contributed by atoms with Gasteiger partial charge < -0.3 is 4.74 Å². The molecule has 80 valence electrons. The molecule has 5 heteroatoms. The fourth-order valence-corrected chi connectivity index (χ4v) is 0.693. The molecule has 0 saturated carbocycles. The van der Waals surface area contributed by atoms with Crippen LogP contribution in [-0.2, 0) is 0 Å². The van der Waals surface area contributed by atoms with Gasteiger partial charge in [0.15, 0.2) is 0 Å². The van der Waals surface area contributed by atoms with Gasteiger partial charge in [-0.05, 0) is 13.0 Å². The van der Waals surface area contributed by atoms with Gasteiger partial charge in [-0.15, -0.1) is 13.2 Å². The molecule has 1 heterocycles. The molecule has 0 amide bonds. The van der Waals surface area contributed by atoms with Crippen LogP contribution in [0.2, 0.25) is 0 Å². The van der Waals surface area contributed by atoms with Gasteiger partial charge in [0.05, 0.1) is 0 Å². The Morgan fingerprint density at radius 2 is 1.79 bits per heavy atom. The van der Waals surface area contributed by atoms with Crippen LogP contribution in [0.1, 0.15) is 19.5 Å². The Kier molecular flexibility index (Phi) is 4.97. The van der Waals surface area contributed by atoms with Gasteiger partial charge in [-0.3, -0.25) is 0 Å². The average molecular weight is 207 g/mol. The molecule has 0 aliphatic rings. The van der Waals surface area contributed by atoms with E-state index in [0.29, 0.717) is 5.69 Å². The molecule has 0 spiro atoms. The number of aromatic nitrogens is 1. The first kappa shape index (κ1) is 12.7. The Morgan fingerprint density at radius 3 is 2.21 bits per heavy atom. The van der Waals surface area contributed by atoms with E-state index in [1.165, 1.54) is 6.07 Å². The van der Waals surface area contributed by atoms with Crippen molar-refractivity contribution in [2.75, 3.05) is 0 Å². The van der Waals surface area contributed by atoms with Crippen LogP contribution < -0.4 is 4.74 Å². The van der Waals surface area contributed by atoms with Gasteiger partial charge in [0.1, 0.15) is 0 Å². The number of hydrogen-bond donors (Lipinski definition) is 0. The van der Waals surface area contributed by atoms with Gasteiger partial charge in [-0.1, -0.05) is 19.9 Å². The Morgan fingerprint density at radius 1 is 1.21 bits per heavy atom. The quantitative estimate of drug-likeness (QED) is 0.704. The second-order valence-corrected chi connectivity index (χ2v) is 2.17. The van der Waals surface area contributed by atoms with Crippen LogP contribution in [0.5, 0.6) is 5.88 Å². The minimum atomic E-state index is -4.67. The Balaban J connectivity index is 0.000000791. The summed E-state index contributed by atoms with van der Waals surface area (Å²) in [7, 11) is 0. The van der Waals surface area contributed by atoms with Crippen LogP contribution in [0.4, 0.5) is 13.2 Å². The Bertz CT molecular complexity index is 273. The molecular formula is C9H12F3NO. The highest BCUT2D eigenvalue weighted by Crippen LogP contribution is 2.20. The summed E-state index contributed by atoms with van der Waals surface area (Å²) >= 11 is 0. The third-order valence-electron chi connectivity index (χ3n) is 1.08. The first-order chi connectivity index (χ1) is 6.47. The molecular weight excluding hydrogens is 195 g/mol. The SMILES string of the molecule is CC.Cc1cccc(OC(F)(F)F)n1. The predicted molar refractivity (Wildman–Crippen MR) is 47.0 cm³/mol. The van der Waals surface area contributed by atoms with Crippen molar-refractivity contribution in [2.45, 2.75) is 27.1 Å². The summed E-state index contributed by atoms with van der Waals surface area (Å²) in [6, 6.07) is 4.19. The van der Waals surface area contributed by atoms with Crippen molar-refractivity contribution in [1.29, 1.82) is 0 Å². The molecule has 0 radical (unpaired) electrons. The second-order valence-electron chi connectivity index (χ2n) is 2.17.